The predicted molar refractivity (Wildman–Crippen MR) is 76.3 cm³/mol. The van der Waals surface area contributed by atoms with E-state index in [4.69, 9.17) is 23.2 Å². The second kappa shape index (κ2) is 6.26. The second-order valence-corrected chi connectivity index (χ2v) is 5.22. The van der Waals surface area contributed by atoms with Crippen molar-refractivity contribution in [1.29, 1.82) is 0 Å². The highest BCUT2D eigenvalue weighted by Crippen LogP contribution is 2.21. The Kier molecular flexibility index (Phi) is 4.67. The summed E-state index contributed by atoms with van der Waals surface area (Å²) in [5, 5.41) is 5.20. The number of rotatable bonds is 5. The third-order valence-electron chi connectivity index (χ3n) is 2.95. The van der Waals surface area contributed by atoms with Crippen LogP contribution in [0.3, 0.4) is 0 Å². The largest absolute Gasteiger partial charge is 0.276 e. The molecule has 1 aromatic heterocycles. The highest BCUT2D eigenvalue weighted by atomic mass is 35.5. The summed E-state index contributed by atoms with van der Waals surface area (Å²) in [6.45, 7) is 0. The van der Waals surface area contributed by atoms with E-state index in [2.05, 4.69) is 11.2 Å². The van der Waals surface area contributed by atoms with Gasteiger partial charge in [0.1, 0.15) is 0 Å². The molecule has 0 saturated carbocycles. The minimum Gasteiger partial charge on any atom is -0.276 e. The van der Waals surface area contributed by atoms with Crippen LogP contribution in [-0.4, -0.2) is 15.7 Å². The van der Waals surface area contributed by atoms with Crippen LogP contribution in [0.15, 0.2) is 36.5 Å². The summed E-state index contributed by atoms with van der Waals surface area (Å²) in [5.41, 5.74) is 2.23. The molecule has 0 bridgehead atoms. The molecule has 2 nitrogen and oxygen atoms in total. The van der Waals surface area contributed by atoms with E-state index in [1.165, 1.54) is 0 Å². The summed E-state index contributed by atoms with van der Waals surface area (Å²) in [6.07, 6.45) is 3.73. The van der Waals surface area contributed by atoms with Gasteiger partial charge in [0.05, 0.1) is 5.69 Å². The molecule has 1 atom stereocenters. The molecule has 0 aliphatic heterocycles. The number of benzene rings is 1. The first-order valence-electron chi connectivity index (χ1n) is 5.97. The van der Waals surface area contributed by atoms with E-state index in [9.17, 15) is 0 Å². The Morgan fingerprint density at radius 1 is 1.22 bits per heavy atom. The molecule has 1 heterocycles. The first kappa shape index (κ1) is 13.4. The Hall–Kier alpha value is -0.990. The Balaban J connectivity index is 2.04. The minimum absolute atomic E-state index is 0.362. The lowest BCUT2D eigenvalue weighted by Crippen LogP contribution is -2.11. The maximum Gasteiger partial charge on any atom is 0.0627 e. The van der Waals surface area contributed by atoms with E-state index in [-0.39, 0.29) is 0 Å². The second-order valence-electron chi connectivity index (χ2n) is 4.50. The zero-order valence-corrected chi connectivity index (χ0v) is 11.8. The average Bonchev–Trinajstić information content (AvgIpc) is 2.76. The highest BCUT2D eigenvalue weighted by Gasteiger charge is 2.13. The molecule has 0 radical (unpaired) electrons. The molecule has 2 aromatic rings. The molecule has 18 heavy (non-hydrogen) atoms. The van der Waals surface area contributed by atoms with Crippen LogP contribution in [0, 0.1) is 5.92 Å². The molecule has 96 valence electrons. The van der Waals surface area contributed by atoms with Gasteiger partial charge in [-0.25, -0.2) is 0 Å². The van der Waals surface area contributed by atoms with E-state index in [0.717, 1.165) is 29.1 Å². The average molecular weight is 283 g/mol. The van der Waals surface area contributed by atoms with Crippen molar-refractivity contribution in [3.05, 3.63) is 52.8 Å². The molecule has 4 heteroatoms. The lowest BCUT2D eigenvalue weighted by atomic mass is 9.96. The Labute approximate surface area is 118 Å². The molecule has 0 spiro atoms. The van der Waals surface area contributed by atoms with Gasteiger partial charge in [-0.15, -0.1) is 11.6 Å². The van der Waals surface area contributed by atoms with Gasteiger partial charge in [0.15, 0.2) is 0 Å². The number of aryl methyl sites for hydroxylation is 1. The summed E-state index contributed by atoms with van der Waals surface area (Å²) in [5.74, 6) is 0.975. The van der Waals surface area contributed by atoms with Crippen LogP contribution in [0.1, 0.15) is 11.3 Å². The van der Waals surface area contributed by atoms with Crippen molar-refractivity contribution in [2.45, 2.75) is 12.8 Å². The molecule has 2 rings (SSSR count). The first-order chi connectivity index (χ1) is 8.69. The third kappa shape index (κ3) is 3.50. The van der Waals surface area contributed by atoms with Crippen molar-refractivity contribution in [2.75, 3.05) is 5.88 Å². The van der Waals surface area contributed by atoms with Crippen LogP contribution in [-0.2, 0) is 19.9 Å². The van der Waals surface area contributed by atoms with Crippen LogP contribution in [0.2, 0.25) is 5.02 Å². The Morgan fingerprint density at radius 3 is 2.61 bits per heavy atom. The normalized spacial score (nSPS) is 12.6. The van der Waals surface area contributed by atoms with Crippen molar-refractivity contribution in [2.24, 2.45) is 13.0 Å². The first-order valence-corrected chi connectivity index (χ1v) is 6.88. The highest BCUT2D eigenvalue weighted by molar-refractivity contribution is 6.31. The van der Waals surface area contributed by atoms with Gasteiger partial charge in [0.2, 0.25) is 0 Å². The summed E-state index contributed by atoms with van der Waals surface area (Å²) in [4.78, 5) is 0. The fraction of sp³-hybridized carbons (Fsp3) is 0.357. The Morgan fingerprint density at radius 2 is 2.00 bits per heavy atom. The van der Waals surface area contributed by atoms with Crippen molar-refractivity contribution in [3.8, 4) is 0 Å². The van der Waals surface area contributed by atoms with Crippen molar-refractivity contribution >= 4 is 23.2 Å². The number of halogens is 2. The lowest BCUT2D eigenvalue weighted by molar-refractivity contribution is 0.568. The maximum absolute atomic E-state index is 6.17. The molecule has 0 aliphatic carbocycles. The lowest BCUT2D eigenvalue weighted by Gasteiger charge is -2.13. The molecule has 0 N–H and O–H groups in total. The van der Waals surface area contributed by atoms with Crippen molar-refractivity contribution in [1.82, 2.24) is 9.78 Å². The van der Waals surface area contributed by atoms with Crippen LogP contribution in [0.4, 0.5) is 0 Å². The number of hydrogen-bond acceptors (Lipinski definition) is 1. The summed E-state index contributed by atoms with van der Waals surface area (Å²) in [6, 6.07) is 9.96. The van der Waals surface area contributed by atoms with Gasteiger partial charge >= 0.3 is 0 Å². The predicted octanol–water partition coefficient (Wildman–Crippen LogP) is 3.71. The standard InChI is InChI=1S/C14H16Cl2N2/c1-18-7-6-13(17-18)9-11(10-15)8-12-4-2-3-5-14(12)16/h2-7,11H,8-10H2,1H3. The zero-order chi connectivity index (χ0) is 13.0. The van der Waals surface area contributed by atoms with E-state index in [0.29, 0.717) is 11.8 Å². The fourth-order valence-electron chi connectivity index (χ4n) is 2.02. The van der Waals surface area contributed by atoms with Gasteiger partial charge in [0.25, 0.3) is 0 Å². The molecular formula is C14H16Cl2N2. The van der Waals surface area contributed by atoms with Crippen LogP contribution in [0.5, 0.6) is 0 Å². The molecule has 0 fully saturated rings. The number of nitrogens with zero attached hydrogens (tertiary/aromatic N) is 2. The molecule has 0 aliphatic rings. The zero-order valence-electron chi connectivity index (χ0n) is 10.3. The monoisotopic (exact) mass is 282 g/mol. The van der Waals surface area contributed by atoms with E-state index in [1.807, 2.05) is 42.2 Å². The summed E-state index contributed by atoms with van der Waals surface area (Å²) >= 11 is 12.2. The maximum atomic E-state index is 6.17. The smallest absolute Gasteiger partial charge is 0.0627 e. The molecule has 1 aromatic carbocycles. The third-order valence-corrected chi connectivity index (χ3v) is 3.76. The van der Waals surface area contributed by atoms with Crippen LogP contribution < -0.4 is 0 Å². The van der Waals surface area contributed by atoms with E-state index >= 15 is 0 Å². The number of alkyl halides is 1. The van der Waals surface area contributed by atoms with Gasteiger partial charge in [-0.1, -0.05) is 29.8 Å². The van der Waals surface area contributed by atoms with Gasteiger partial charge in [0, 0.05) is 24.1 Å². The number of hydrogen-bond donors (Lipinski definition) is 0. The van der Waals surface area contributed by atoms with Gasteiger partial charge < -0.3 is 0 Å². The van der Waals surface area contributed by atoms with Crippen molar-refractivity contribution in [3.63, 3.8) is 0 Å². The molecular weight excluding hydrogens is 267 g/mol. The Bertz CT molecular complexity index is 508. The van der Waals surface area contributed by atoms with Gasteiger partial charge in [-0.3, -0.25) is 4.68 Å². The van der Waals surface area contributed by atoms with Crippen LogP contribution >= 0.6 is 23.2 Å². The summed E-state index contributed by atoms with van der Waals surface area (Å²) < 4.78 is 1.82. The van der Waals surface area contributed by atoms with Gasteiger partial charge in [-0.05, 0) is 36.5 Å². The topological polar surface area (TPSA) is 17.8 Å². The van der Waals surface area contributed by atoms with E-state index < -0.39 is 0 Å². The SMILES string of the molecule is Cn1ccc(CC(CCl)Cc2ccccc2Cl)n1. The summed E-state index contributed by atoms with van der Waals surface area (Å²) in [7, 11) is 1.92. The molecule has 0 amide bonds. The van der Waals surface area contributed by atoms with Crippen molar-refractivity contribution < 1.29 is 0 Å². The molecule has 1 unspecified atom stereocenters. The van der Waals surface area contributed by atoms with Gasteiger partial charge in [-0.2, -0.15) is 5.10 Å². The quantitative estimate of drug-likeness (QED) is 0.765. The van der Waals surface area contributed by atoms with Crippen LogP contribution in [0.25, 0.3) is 0 Å². The fourth-order valence-corrected chi connectivity index (χ4v) is 2.46. The van der Waals surface area contributed by atoms with E-state index in [1.54, 1.807) is 0 Å². The molecule has 0 saturated heterocycles. The number of aromatic nitrogens is 2. The minimum atomic E-state index is 0.362.